The van der Waals surface area contributed by atoms with Gasteiger partial charge in [0.15, 0.2) is 0 Å². The number of ether oxygens (including phenoxy) is 1. The van der Waals surface area contributed by atoms with E-state index in [4.69, 9.17) is 4.74 Å². The minimum Gasteiger partial charge on any atom is -0.486 e. The van der Waals surface area contributed by atoms with Crippen LogP contribution >= 0.6 is 0 Å². The molecule has 0 bridgehead atoms. The Bertz CT molecular complexity index is 505. The number of carbonyl (C=O) groups is 1. The van der Waals surface area contributed by atoms with E-state index in [9.17, 15) is 18.0 Å². The van der Waals surface area contributed by atoms with Crippen LogP contribution in [0.2, 0.25) is 0 Å². The molecule has 1 N–H and O–H groups in total. The summed E-state index contributed by atoms with van der Waals surface area (Å²) in [6.07, 6.45) is -4.69. The largest absolute Gasteiger partial charge is 0.486 e. The number of nitrogens with one attached hydrogen (secondary N) is 1. The van der Waals surface area contributed by atoms with Crippen molar-refractivity contribution in [1.29, 1.82) is 0 Å². The Hall–Kier alpha value is -1.92. The number of nitrogens with zero attached hydrogens (tertiary/aromatic N) is 1. The Morgan fingerprint density at radius 3 is 2.70 bits per heavy atom. The first kappa shape index (κ1) is 14.5. The highest BCUT2D eigenvalue weighted by Gasteiger charge is 2.40. The first-order valence-corrected chi connectivity index (χ1v) is 6.15. The lowest BCUT2D eigenvalue weighted by Gasteiger charge is -2.45. The van der Waals surface area contributed by atoms with Crippen molar-refractivity contribution in [2.45, 2.75) is 25.2 Å². The SMILES string of the molecule is CNC(=O)N1C[C@@H](Oc2cccc(C(F)(F)F)c2)[C@@H]1C. The first-order valence-electron chi connectivity index (χ1n) is 6.15. The fourth-order valence-corrected chi connectivity index (χ4v) is 2.04. The van der Waals surface area contributed by atoms with Crippen LogP contribution < -0.4 is 10.1 Å². The monoisotopic (exact) mass is 288 g/mol. The molecule has 0 aromatic heterocycles. The van der Waals surface area contributed by atoms with Gasteiger partial charge in [0.25, 0.3) is 0 Å². The summed E-state index contributed by atoms with van der Waals surface area (Å²) in [5.74, 6) is 0.160. The lowest BCUT2D eigenvalue weighted by Crippen LogP contribution is -2.64. The molecule has 20 heavy (non-hydrogen) atoms. The third-order valence-electron chi connectivity index (χ3n) is 3.33. The van der Waals surface area contributed by atoms with Gasteiger partial charge in [-0.15, -0.1) is 0 Å². The van der Waals surface area contributed by atoms with E-state index in [1.54, 1.807) is 11.8 Å². The number of hydrogen-bond acceptors (Lipinski definition) is 2. The van der Waals surface area contributed by atoms with Gasteiger partial charge in [0.05, 0.1) is 18.2 Å². The summed E-state index contributed by atoms with van der Waals surface area (Å²) in [7, 11) is 1.52. The Morgan fingerprint density at radius 1 is 1.45 bits per heavy atom. The van der Waals surface area contributed by atoms with Gasteiger partial charge in [0, 0.05) is 7.05 Å². The summed E-state index contributed by atoms with van der Waals surface area (Å²) in [6, 6.07) is 4.34. The van der Waals surface area contributed by atoms with Crippen molar-refractivity contribution in [2.24, 2.45) is 0 Å². The third kappa shape index (κ3) is 2.81. The van der Waals surface area contributed by atoms with Crippen molar-refractivity contribution in [1.82, 2.24) is 10.2 Å². The van der Waals surface area contributed by atoms with E-state index in [0.29, 0.717) is 6.54 Å². The van der Waals surface area contributed by atoms with Crippen LogP contribution in [-0.2, 0) is 6.18 Å². The zero-order valence-electron chi connectivity index (χ0n) is 11.1. The van der Waals surface area contributed by atoms with Crippen molar-refractivity contribution >= 4 is 6.03 Å². The molecule has 2 rings (SSSR count). The van der Waals surface area contributed by atoms with Gasteiger partial charge in [0.2, 0.25) is 0 Å². The Morgan fingerprint density at radius 2 is 2.15 bits per heavy atom. The molecule has 4 nitrogen and oxygen atoms in total. The fourth-order valence-electron chi connectivity index (χ4n) is 2.04. The van der Waals surface area contributed by atoms with Gasteiger partial charge in [-0.05, 0) is 25.1 Å². The van der Waals surface area contributed by atoms with Crippen LogP contribution in [0.25, 0.3) is 0 Å². The van der Waals surface area contributed by atoms with Crippen molar-refractivity contribution in [3.8, 4) is 5.75 Å². The highest BCUT2D eigenvalue weighted by Crippen LogP contribution is 2.32. The molecule has 1 aliphatic heterocycles. The van der Waals surface area contributed by atoms with Gasteiger partial charge in [0.1, 0.15) is 11.9 Å². The third-order valence-corrected chi connectivity index (χ3v) is 3.33. The van der Waals surface area contributed by atoms with Gasteiger partial charge in [-0.3, -0.25) is 0 Å². The molecular formula is C13H15F3N2O2. The van der Waals surface area contributed by atoms with Gasteiger partial charge in [-0.25, -0.2) is 4.79 Å². The van der Waals surface area contributed by atoms with Crippen molar-refractivity contribution in [2.75, 3.05) is 13.6 Å². The molecule has 0 radical (unpaired) electrons. The zero-order valence-corrected chi connectivity index (χ0v) is 11.1. The summed E-state index contributed by atoms with van der Waals surface area (Å²) in [4.78, 5) is 13.0. The second kappa shape index (κ2) is 5.22. The molecule has 1 fully saturated rings. The number of benzene rings is 1. The Kier molecular flexibility index (Phi) is 3.78. The Balaban J connectivity index is 2.01. The maximum absolute atomic E-state index is 12.6. The van der Waals surface area contributed by atoms with Crippen LogP contribution in [0, 0.1) is 0 Å². The van der Waals surface area contributed by atoms with E-state index in [1.807, 2.05) is 0 Å². The van der Waals surface area contributed by atoms with Crippen LogP contribution in [0.1, 0.15) is 12.5 Å². The topological polar surface area (TPSA) is 41.6 Å². The van der Waals surface area contributed by atoms with Gasteiger partial charge in [-0.2, -0.15) is 13.2 Å². The second-order valence-electron chi connectivity index (χ2n) is 4.63. The number of halogens is 3. The summed E-state index contributed by atoms with van der Waals surface area (Å²) >= 11 is 0. The molecule has 0 aliphatic carbocycles. The smallest absolute Gasteiger partial charge is 0.416 e. The van der Waals surface area contributed by atoms with Crippen molar-refractivity contribution < 1.29 is 22.7 Å². The highest BCUT2D eigenvalue weighted by molar-refractivity contribution is 5.75. The van der Waals surface area contributed by atoms with E-state index in [1.165, 1.54) is 19.2 Å². The maximum Gasteiger partial charge on any atom is 0.416 e. The summed E-state index contributed by atoms with van der Waals surface area (Å²) in [5.41, 5.74) is -0.745. The molecule has 1 aliphatic rings. The Labute approximate surface area is 114 Å². The number of rotatable bonds is 2. The lowest BCUT2D eigenvalue weighted by molar-refractivity contribution is -0.137. The van der Waals surface area contributed by atoms with Gasteiger partial charge in [-0.1, -0.05) is 6.07 Å². The normalized spacial score (nSPS) is 22.1. The van der Waals surface area contributed by atoms with E-state index >= 15 is 0 Å². The predicted molar refractivity (Wildman–Crippen MR) is 66.5 cm³/mol. The zero-order chi connectivity index (χ0) is 14.9. The maximum atomic E-state index is 12.6. The fraction of sp³-hybridized carbons (Fsp3) is 0.462. The molecule has 0 saturated carbocycles. The van der Waals surface area contributed by atoms with Gasteiger partial charge < -0.3 is 15.0 Å². The predicted octanol–water partition coefficient (Wildman–Crippen LogP) is 2.50. The first-order chi connectivity index (χ1) is 9.32. The van der Waals surface area contributed by atoms with Gasteiger partial charge >= 0.3 is 12.2 Å². The quantitative estimate of drug-likeness (QED) is 0.908. The van der Waals surface area contributed by atoms with Crippen LogP contribution in [-0.4, -0.2) is 36.7 Å². The number of hydrogen-bond donors (Lipinski definition) is 1. The molecule has 1 heterocycles. The minimum absolute atomic E-state index is 0.160. The molecule has 0 spiro atoms. The van der Waals surface area contributed by atoms with Crippen LogP contribution in [0.5, 0.6) is 5.75 Å². The number of alkyl halides is 3. The molecule has 2 amide bonds. The molecule has 2 atom stereocenters. The number of amides is 2. The van der Waals surface area contributed by atoms with Crippen LogP contribution in [0.15, 0.2) is 24.3 Å². The lowest BCUT2D eigenvalue weighted by atomic mass is 10.0. The standard InChI is InChI=1S/C13H15F3N2O2/c1-8-11(7-18(8)12(19)17-2)20-10-5-3-4-9(6-10)13(14,15)16/h3-6,8,11H,7H2,1-2H3,(H,17,19)/t8-,11+/m0/s1. The summed E-state index contributed by atoms with van der Waals surface area (Å²) in [5, 5.41) is 2.49. The highest BCUT2D eigenvalue weighted by atomic mass is 19.4. The average molecular weight is 288 g/mol. The summed E-state index contributed by atoms with van der Waals surface area (Å²) < 4.78 is 43.2. The second-order valence-corrected chi connectivity index (χ2v) is 4.63. The molecule has 7 heteroatoms. The van der Waals surface area contributed by atoms with Crippen LogP contribution in [0.3, 0.4) is 0 Å². The van der Waals surface area contributed by atoms with E-state index < -0.39 is 11.7 Å². The van der Waals surface area contributed by atoms with Crippen molar-refractivity contribution in [3.05, 3.63) is 29.8 Å². The number of carbonyl (C=O) groups excluding carboxylic acids is 1. The minimum atomic E-state index is -4.39. The van der Waals surface area contributed by atoms with Crippen LogP contribution in [0.4, 0.5) is 18.0 Å². The van der Waals surface area contributed by atoms with E-state index in [-0.39, 0.29) is 23.9 Å². The average Bonchev–Trinajstić information content (AvgIpc) is 2.41. The molecule has 1 saturated heterocycles. The molecule has 110 valence electrons. The van der Waals surface area contributed by atoms with E-state index in [2.05, 4.69) is 5.32 Å². The molecule has 1 aromatic carbocycles. The molecular weight excluding hydrogens is 273 g/mol. The van der Waals surface area contributed by atoms with E-state index in [0.717, 1.165) is 12.1 Å². The molecule has 0 unspecified atom stereocenters. The van der Waals surface area contributed by atoms with Crippen molar-refractivity contribution in [3.63, 3.8) is 0 Å². The molecule has 1 aromatic rings. The number of urea groups is 1. The summed E-state index contributed by atoms with van der Waals surface area (Å²) in [6.45, 7) is 2.15. The number of likely N-dealkylation sites (tertiary alicyclic amines) is 1.